The van der Waals surface area contributed by atoms with E-state index >= 15 is 0 Å². The average Bonchev–Trinajstić information content (AvgIpc) is 3.37. The molecule has 198 valence electrons. The number of piperidine rings is 1. The highest BCUT2D eigenvalue weighted by Crippen LogP contribution is 2.29. The molecule has 2 heterocycles. The third-order valence-electron chi connectivity index (χ3n) is 6.88. The number of amides is 1. The summed E-state index contributed by atoms with van der Waals surface area (Å²) in [6.07, 6.45) is 1.89. The summed E-state index contributed by atoms with van der Waals surface area (Å²) in [6, 6.07) is 17.1. The van der Waals surface area contributed by atoms with Gasteiger partial charge in [0.25, 0.3) is 0 Å². The lowest BCUT2D eigenvalue weighted by Crippen LogP contribution is -2.45. The minimum absolute atomic E-state index is 0.000737. The first kappa shape index (κ1) is 26.9. The van der Waals surface area contributed by atoms with Crippen LogP contribution in [0, 0.1) is 5.92 Å². The van der Waals surface area contributed by atoms with Crippen molar-refractivity contribution in [1.82, 2.24) is 14.8 Å². The van der Waals surface area contributed by atoms with Crippen molar-refractivity contribution in [2.24, 2.45) is 5.92 Å². The first-order chi connectivity index (χ1) is 17.8. The summed E-state index contributed by atoms with van der Waals surface area (Å²) in [4.78, 5) is 15.2. The second-order valence-corrected chi connectivity index (χ2v) is 9.64. The number of nitrogens with one attached hydrogen (secondary N) is 1. The van der Waals surface area contributed by atoms with Gasteiger partial charge in [0, 0.05) is 30.5 Å². The lowest BCUT2D eigenvalue weighted by molar-refractivity contribution is -0.137. The minimum Gasteiger partial charge on any atom is -0.375 e. The van der Waals surface area contributed by atoms with Crippen molar-refractivity contribution >= 4 is 5.91 Å². The van der Waals surface area contributed by atoms with Gasteiger partial charge in [-0.2, -0.15) is 13.2 Å². The molecule has 1 aromatic heterocycles. The largest absolute Gasteiger partial charge is 0.416 e. The monoisotopic (exact) mass is 513 g/mol. The second kappa shape index (κ2) is 12.4. The summed E-state index contributed by atoms with van der Waals surface area (Å²) < 4.78 is 46.1. The van der Waals surface area contributed by atoms with Gasteiger partial charge in [-0.3, -0.25) is 9.69 Å². The third-order valence-corrected chi connectivity index (χ3v) is 6.88. The molecule has 1 N–H and O–H groups in total. The molecule has 2 aromatic carbocycles. The number of hydrogen-bond acceptors (Lipinski definition) is 3. The zero-order chi connectivity index (χ0) is 26.3. The highest BCUT2D eigenvalue weighted by atomic mass is 19.4. The molecular weight excluding hydrogens is 479 g/mol. The Hall–Kier alpha value is -3.10. The molecule has 37 heavy (non-hydrogen) atoms. The van der Waals surface area contributed by atoms with Crippen LogP contribution in [0.15, 0.2) is 73.1 Å². The number of carbonyl (C=O) groups excluding carboxylic acids is 1. The van der Waals surface area contributed by atoms with Crippen molar-refractivity contribution in [3.05, 3.63) is 89.7 Å². The molecule has 3 aromatic rings. The van der Waals surface area contributed by atoms with E-state index in [4.69, 9.17) is 4.74 Å². The Morgan fingerprint density at radius 1 is 1.03 bits per heavy atom. The van der Waals surface area contributed by atoms with Gasteiger partial charge in [0.15, 0.2) is 0 Å². The highest BCUT2D eigenvalue weighted by Gasteiger charge is 2.30. The third kappa shape index (κ3) is 7.69. The van der Waals surface area contributed by atoms with Crippen LogP contribution in [-0.2, 0) is 28.9 Å². The Balaban J connectivity index is 1.20. The smallest absolute Gasteiger partial charge is 0.375 e. The Bertz CT molecular complexity index is 1120. The van der Waals surface area contributed by atoms with Gasteiger partial charge in [-0.25, -0.2) is 0 Å². The Labute approximate surface area is 216 Å². The maximum absolute atomic E-state index is 12.9. The molecule has 0 aliphatic carbocycles. The molecule has 0 spiro atoms. The number of halogens is 3. The zero-order valence-electron chi connectivity index (χ0n) is 21.1. The molecule has 0 saturated carbocycles. The zero-order valence-corrected chi connectivity index (χ0v) is 21.1. The van der Waals surface area contributed by atoms with Gasteiger partial charge in [0.1, 0.15) is 0 Å². The Kier molecular flexibility index (Phi) is 9.05. The molecule has 1 fully saturated rings. The summed E-state index contributed by atoms with van der Waals surface area (Å²) >= 11 is 0. The van der Waals surface area contributed by atoms with E-state index in [-0.39, 0.29) is 17.9 Å². The van der Waals surface area contributed by atoms with Crippen LogP contribution in [-0.4, -0.2) is 41.1 Å². The van der Waals surface area contributed by atoms with Crippen LogP contribution in [0.4, 0.5) is 13.2 Å². The number of likely N-dealkylation sites (tertiary alicyclic amines) is 1. The molecule has 1 saturated heterocycles. The molecule has 0 bridgehead atoms. The molecule has 5 nitrogen and oxygen atoms in total. The van der Waals surface area contributed by atoms with E-state index in [2.05, 4.69) is 17.1 Å². The number of alkyl halides is 3. The molecule has 1 atom stereocenters. The molecule has 8 heteroatoms. The fourth-order valence-corrected chi connectivity index (χ4v) is 4.60. The standard InChI is InChI=1S/C29H34F3N3O2/c1-2-26(21-37-20-22-6-4-3-5-7-22)33-28(36)24-13-15-34(16-14-24)18-23-12-17-35(19-23)27-10-8-25(9-11-27)29(30,31)32/h3-12,17,19,24,26H,2,13-16,18,20-21H2,1H3,(H,33,36)/t26-/m0/s1. The van der Waals surface area contributed by atoms with Gasteiger partial charge in [0.2, 0.25) is 5.91 Å². The van der Waals surface area contributed by atoms with E-state index in [1.54, 1.807) is 0 Å². The topological polar surface area (TPSA) is 46.5 Å². The van der Waals surface area contributed by atoms with Crippen molar-refractivity contribution < 1.29 is 22.7 Å². The van der Waals surface area contributed by atoms with Crippen molar-refractivity contribution in [2.45, 2.75) is 51.6 Å². The Morgan fingerprint density at radius 3 is 2.38 bits per heavy atom. The van der Waals surface area contributed by atoms with Crippen molar-refractivity contribution in [2.75, 3.05) is 19.7 Å². The minimum atomic E-state index is -4.34. The van der Waals surface area contributed by atoms with Crippen LogP contribution in [0.2, 0.25) is 0 Å². The van der Waals surface area contributed by atoms with Crippen LogP contribution in [0.25, 0.3) is 5.69 Å². The molecule has 0 unspecified atom stereocenters. The van der Waals surface area contributed by atoms with Crippen LogP contribution in [0.3, 0.4) is 0 Å². The first-order valence-corrected chi connectivity index (χ1v) is 12.8. The SMILES string of the molecule is CC[C@@H](COCc1ccccc1)NC(=O)C1CCN(Cc2ccn(-c3ccc(C(F)(F)F)cc3)c2)CC1. The molecule has 0 radical (unpaired) electrons. The summed E-state index contributed by atoms with van der Waals surface area (Å²) in [5.74, 6) is 0.0967. The van der Waals surface area contributed by atoms with E-state index < -0.39 is 11.7 Å². The normalized spacial score (nSPS) is 16.0. The van der Waals surface area contributed by atoms with Crippen molar-refractivity contribution in [1.29, 1.82) is 0 Å². The van der Waals surface area contributed by atoms with Crippen LogP contribution in [0.5, 0.6) is 0 Å². The highest BCUT2D eigenvalue weighted by molar-refractivity contribution is 5.79. The molecule has 1 aliphatic rings. The lowest BCUT2D eigenvalue weighted by atomic mass is 9.95. The Morgan fingerprint density at radius 2 is 1.73 bits per heavy atom. The van der Waals surface area contributed by atoms with E-state index in [0.29, 0.717) is 18.9 Å². The number of benzene rings is 2. The van der Waals surface area contributed by atoms with E-state index in [1.807, 2.05) is 53.4 Å². The molecule has 1 aliphatic heterocycles. The van der Waals surface area contributed by atoms with E-state index in [1.165, 1.54) is 12.1 Å². The predicted molar refractivity (Wildman–Crippen MR) is 137 cm³/mol. The van der Waals surface area contributed by atoms with Gasteiger partial charge >= 0.3 is 6.18 Å². The van der Waals surface area contributed by atoms with Crippen molar-refractivity contribution in [3.63, 3.8) is 0 Å². The average molecular weight is 514 g/mol. The quantitative estimate of drug-likeness (QED) is 0.372. The number of carbonyl (C=O) groups is 1. The number of ether oxygens (including phenoxy) is 1. The fraction of sp³-hybridized carbons (Fsp3) is 0.414. The first-order valence-electron chi connectivity index (χ1n) is 12.8. The van der Waals surface area contributed by atoms with Gasteiger partial charge in [-0.05, 0) is 73.8 Å². The lowest BCUT2D eigenvalue weighted by Gasteiger charge is -2.32. The number of rotatable bonds is 10. The number of nitrogens with zero attached hydrogens (tertiary/aromatic N) is 2. The van der Waals surface area contributed by atoms with Crippen molar-refractivity contribution in [3.8, 4) is 5.69 Å². The summed E-state index contributed by atoms with van der Waals surface area (Å²) in [6.45, 7) is 5.47. The molecule has 1 amide bonds. The van der Waals surface area contributed by atoms with Gasteiger partial charge in [0.05, 0.1) is 24.8 Å². The predicted octanol–water partition coefficient (Wildman–Crippen LogP) is 5.82. The van der Waals surface area contributed by atoms with E-state index in [9.17, 15) is 18.0 Å². The van der Waals surface area contributed by atoms with Crippen LogP contribution >= 0.6 is 0 Å². The summed E-state index contributed by atoms with van der Waals surface area (Å²) in [5, 5.41) is 3.17. The maximum Gasteiger partial charge on any atom is 0.416 e. The summed E-state index contributed by atoms with van der Waals surface area (Å²) in [7, 11) is 0. The van der Waals surface area contributed by atoms with Crippen LogP contribution < -0.4 is 5.32 Å². The van der Waals surface area contributed by atoms with Crippen LogP contribution in [0.1, 0.15) is 42.9 Å². The molecular formula is C29H34F3N3O2. The number of hydrogen-bond donors (Lipinski definition) is 1. The molecule has 4 rings (SSSR count). The van der Waals surface area contributed by atoms with Gasteiger partial charge in [-0.15, -0.1) is 0 Å². The van der Waals surface area contributed by atoms with Gasteiger partial charge in [-0.1, -0.05) is 37.3 Å². The fourth-order valence-electron chi connectivity index (χ4n) is 4.60. The summed E-state index contributed by atoms with van der Waals surface area (Å²) in [5.41, 5.74) is 2.24. The number of aromatic nitrogens is 1. The van der Waals surface area contributed by atoms with E-state index in [0.717, 1.165) is 62.2 Å². The van der Waals surface area contributed by atoms with Gasteiger partial charge < -0.3 is 14.6 Å². The maximum atomic E-state index is 12.9. The second-order valence-electron chi connectivity index (χ2n) is 9.64.